The molecule has 2 aliphatic rings. The van der Waals surface area contributed by atoms with E-state index >= 15 is 0 Å². The number of likely N-dealkylation sites (tertiary alicyclic amines) is 1. The molecule has 0 bridgehead atoms. The average Bonchev–Trinajstić information content (AvgIpc) is 2.73. The summed E-state index contributed by atoms with van der Waals surface area (Å²) in [7, 11) is -3.51. The summed E-state index contributed by atoms with van der Waals surface area (Å²) >= 11 is 0. The second-order valence-corrected chi connectivity index (χ2v) is 10.7. The van der Waals surface area contributed by atoms with E-state index in [-0.39, 0.29) is 0 Å². The molecular formula is C24H28F2N2O4S. The van der Waals surface area contributed by atoms with Gasteiger partial charge in [-0.3, -0.25) is 0 Å². The van der Waals surface area contributed by atoms with Gasteiger partial charge in [0.15, 0.2) is 0 Å². The number of nitrogens with one attached hydrogen (secondary N) is 1. The summed E-state index contributed by atoms with van der Waals surface area (Å²) in [4.78, 5) is 14.4. The van der Waals surface area contributed by atoms with Crippen molar-refractivity contribution in [1.29, 1.82) is 0 Å². The van der Waals surface area contributed by atoms with Crippen LogP contribution in [0.25, 0.3) is 11.1 Å². The third kappa shape index (κ3) is 6.09. The molecule has 1 saturated heterocycles. The molecule has 1 N–H and O–H groups in total. The highest BCUT2D eigenvalue weighted by Crippen LogP contribution is 2.40. The van der Waals surface area contributed by atoms with E-state index in [9.17, 15) is 22.0 Å². The highest BCUT2D eigenvalue weighted by atomic mass is 32.2. The number of nitrogens with zero attached hydrogens (tertiary/aromatic N) is 1. The number of halogens is 2. The van der Waals surface area contributed by atoms with Gasteiger partial charge in [0, 0.05) is 25.4 Å². The molecule has 9 heteroatoms. The van der Waals surface area contributed by atoms with Crippen LogP contribution in [0, 0.1) is 0 Å². The van der Waals surface area contributed by atoms with E-state index in [1.165, 1.54) is 4.90 Å². The number of carbonyl (C=O) groups is 1. The number of alkyl halides is 2. The minimum Gasteiger partial charge on any atom is -0.446 e. The smallest absolute Gasteiger partial charge is 0.410 e. The number of hydrogen-bond acceptors (Lipinski definition) is 4. The van der Waals surface area contributed by atoms with Crippen LogP contribution in [0.5, 0.6) is 0 Å². The van der Waals surface area contributed by atoms with E-state index in [2.05, 4.69) is 4.72 Å². The van der Waals surface area contributed by atoms with Gasteiger partial charge < -0.3 is 9.64 Å². The zero-order chi connectivity index (χ0) is 23.6. The maximum absolute atomic E-state index is 13.2. The first-order chi connectivity index (χ1) is 15.6. The second kappa shape index (κ2) is 9.38. The molecule has 0 unspecified atom stereocenters. The Hall–Kier alpha value is -2.52. The first kappa shape index (κ1) is 23.6. The van der Waals surface area contributed by atoms with Crippen molar-refractivity contribution in [3.8, 4) is 11.1 Å². The molecule has 2 aromatic rings. The van der Waals surface area contributed by atoms with Gasteiger partial charge in [-0.15, -0.1) is 0 Å². The van der Waals surface area contributed by atoms with E-state index in [1.807, 2.05) is 54.6 Å². The molecule has 1 saturated carbocycles. The SMILES string of the molecule is CS(=O)(=O)N[C@@H]1CCCN(C(=O)OC2CC(F)(F)C2)[C@@H]1Cc1cccc(-c2ccccc2)c1. The summed E-state index contributed by atoms with van der Waals surface area (Å²) in [5, 5.41) is 0. The van der Waals surface area contributed by atoms with Crippen molar-refractivity contribution in [3.05, 3.63) is 60.2 Å². The van der Waals surface area contributed by atoms with Crippen LogP contribution in [0.4, 0.5) is 13.6 Å². The molecule has 1 amide bonds. The van der Waals surface area contributed by atoms with Crippen LogP contribution in [0.15, 0.2) is 54.6 Å². The maximum atomic E-state index is 13.2. The highest BCUT2D eigenvalue weighted by molar-refractivity contribution is 7.88. The fourth-order valence-electron chi connectivity index (χ4n) is 4.60. The molecule has 2 aromatic carbocycles. The van der Waals surface area contributed by atoms with E-state index in [4.69, 9.17) is 4.74 Å². The Bertz CT molecular complexity index is 1090. The van der Waals surface area contributed by atoms with Gasteiger partial charge in [0.05, 0.1) is 12.3 Å². The summed E-state index contributed by atoms with van der Waals surface area (Å²) in [5.41, 5.74) is 3.01. The number of hydrogen-bond donors (Lipinski definition) is 1. The van der Waals surface area contributed by atoms with E-state index < -0.39 is 53.1 Å². The highest BCUT2D eigenvalue weighted by Gasteiger charge is 2.48. The zero-order valence-electron chi connectivity index (χ0n) is 18.4. The molecular weight excluding hydrogens is 450 g/mol. The van der Waals surface area contributed by atoms with Gasteiger partial charge in [0.1, 0.15) is 6.10 Å². The number of sulfonamides is 1. The molecule has 6 nitrogen and oxygen atoms in total. The summed E-state index contributed by atoms with van der Waals surface area (Å²) in [6.07, 6.45) is 0.239. The third-order valence-corrected chi connectivity index (χ3v) is 6.91. The number of rotatable bonds is 6. The number of amides is 1. The predicted octanol–water partition coefficient (Wildman–Crippen LogP) is 4.21. The lowest BCUT2D eigenvalue weighted by molar-refractivity contribution is -0.149. The molecule has 33 heavy (non-hydrogen) atoms. The fourth-order valence-corrected chi connectivity index (χ4v) is 5.42. The molecule has 0 radical (unpaired) electrons. The van der Waals surface area contributed by atoms with Crippen molar-refractivity contribution < 1.29 is 26.7 Å². The maximum Gasteiger partial charge on any atom is 0.410 e. The molecule has 0 aromatic heterocycles. The van der Waals surface area contributed by atoms with Gasteiger partial charge in [-0.1, -0.05) is 54.6 Å². The molecule has 178 valence electrons. The molecule has 1 aliphatic heterocycles. The lowest BCUT2D eigenvalue weighted by Crippen LogP contribution is -2.58. The van der Waals surface area contributed by atoms with Gasteiger partial charge in [0.25, 0.3) is 5.92 Å². The van der Waals surface area contributed by atoms with Crippen molar-refractivity contribution in [2.45, 2.75) is 56.2 Å². The van der Waals surface area contributed by atoms with Crippen LogP contribution in [-0.2, 0) is 21.2 Å². The van der Waals surface area contributed by atoms with Crippen LogP contribution >= 0.6 is 0 Å². The standard InChI is InChI=1S/C24H28F2N2O4S/c1-33(30,31)27-21-11-6-12-28(23(29)32-20-15-24(25,26)16-20)22(21)14-17-7-5-10-19(13-17)18-8-3-2-4-9-18/h2-5,7-10,13,20-22,27H,6,11-12,14-16H2,1H3/t21-,22-/m1/s1. The summed E-state index contributed by atoms with van der Waals surface area (Å²) in [6, 6.07) is 16.8. The van der Waals surface area contributed by atoms with Crippen LogP contribution in [0.2, 0.25) is 0 Å². The van der Waals surface area contributed by atoms with E-state index in [0.717, 1.165) is 22.9 Å². The number of carbonyl (C=O) groups excluding carboxylic acids is 1. The molecule has 1 aliphatic carbocycles. The van der Waals surface area contributed by atoms with Crippen molar-refractivity contribution in [1.82, 2.24) is 9.62 Å². The number of benzene rings is 2. The minimum absolute atomic E-state index is 0.382. The molecule has 2 atom stereocenters. The van der Waals surface area contributed by atoms with Crippen LogP contribution < -0.4 is 4.72 Å². The van der Waals surface area contributed by atoms with Gasteiger partial charge in [-0.25, -0.2) is 26.7 Å². The lowest BCUT2D eigenvalue weighted by Gasteiger charge is -2.42. The lowest BCUT2D eigenvalue weighted by atomic mass is 9.90. The van der Waals surface area contributed by atoms with Crippen LogP contribution in [0.3, 0.4) is 0 Å². The molecule has 2 fully saturated rings. The van der Waals surface area contributed by atoms with Crippen molar-refractivity contribution in [3.63, 3.8) is 0 Å². The van der Waals surface area contributed by atoms with Crippen molar-refractivity contribution in [2.75, 3.05) is 12.8 Å². The van der Waals surface area contributed by atoms with E-state index in [1.54, 1.807) is 0 Å². The van der Waals surface area contributed by atoms with Crippen LogP contribution in [-0.4, -0.2) is 56.3 Å². The Kier molecular flexibility index (Phi) is 6.72. The number of ether oxygens (including phenoxy) is 1. The van der Waals surface area contributed by atoms with Crippen molar-refractivity contribution >= 4 is 16.1 Å². The Labute approximate surface area is 193 Å². The third-order valence-electron chi connectivity index (χ3n) is 6.18. The summed E-state index contributed by atoms with van der Waals surface area (Å²) in [5.74, 6) is -2.79. The fraction of sp³-hybridized carbons (Fsp3) is 0.458. The first-order valence-corrected chi connectivity index (χ1v) is 13.0. The van der Waals surface area contributed by atoms with E-state index in [0.29, 0.717) is 25.8 Å². The normalized spacial score (nSPS) is 23.1. The molecule has 1 heterocycles. The van der Waals surface area contributed by atoms with Gasteiger partial charge in [-0.2, -0.15) is 0 Å². The quantitative estimate of drug-likeness (QED) is 0.675. The largest absolute Gasteiger partial charge is 0.446 e. The molecule has 4 rings (SSSR count). The van der Waals surface area contributed by atoms with Crippen molar-refractivity contribution in [2.24, 2.45) is 0 Å². The zero-order valence-corrected chi connectivity index (χ0v) is 19.2. The first-order valence-electron chi connectivity index (χ1n) is 11.1. The Morgan fingerprint density at radius 3 is 2.48 bits per heavy atom. The second-order valence-electron chi connectivity index (χ2n) is 8.94. The Balaban J connectivity index is 1.56. The average molecular weight is 479 g/mol. The van der Waals surface area contributed by atoms with Gasteiger partial charge in [0.2, 0.25) is 10.0 Å². The topological polar surface area (TPSA) is 75.7 Å². The Morgan fingerprint density at radius 1 is 1.12 bits per heavy atom. The van der Waals surface area contributed by atoms with Gasteiger partial charge >= 0.3 is 6.09 Å². The number of piperidine rings is 1. The monoisotopic (exact) mass is 478 g/mol. The summed E-state index contributed by atoms with van der Waals surface area (Å²) < 4.78 is 58.3. The minimum atomic E-state index is -3.51. The Morgan fingerprint density at radius 2 is 1.82 bits per heavy atom. The molecule has 0 spiro atoms. The van der Waals surface area contributed by atoms with Crippen LogP contribution in [0.1, 0.15) is 31.2 Å². The predicted molar refractivity (Wildman–Crippen MR) is 122 cm³/mol. The summed E-state index contributed by atoms with van der Waals surface area (Å²) in [6.45, 7) is 0.382. The van der Waals surface area contributed by atoms with Gasteiger partial charge in [-0.05, 0) is 36.0 Å².